The van der Waals surface area contributed by atoms with Crippen molar-refractivity contribution in [2.75, 3.05) is 5.75 Å². The van der Waals surface area contributed by atoms with Gasteiger partial charge in [-0.3, -0.25) is 9.98 Å². The van der Waals surface area contributed by atoms with Gasteiger partial charge < -0.3 is 9.47 Å². The number of aromatic nitrogens is 2. The number of aliphatic imine (C=N–C) groups is 1. The van der Waals surface area contributed by atoms with Crippen LogP contribution in [-0.4, -0.2) is 31.4 Å². The summed E-state index contributed by atoms with van der Waals surface area (Å²) in [5, 5.41) is 1.18. The number of rotatable bonds is 4. The van der Waals surface area contributed by atoms with E-state index in [9.17, 15) is 0 Å². The molecular formula is C26H30N4S. The van der Waals surface area contributed by atoms with Crippen molar-refractivity contribution in [1.82, 2.24) is 14.5 Å². The normalized spacial score (nSPS) is 22.7. The second kappa shape index (κ2) is 7.86. The minimum atomic E-state index is 0.0330. The van der Waals surface area contributed by atoms with Gasteiger partial charge in [-0.1, -0.05) is 36.9 Å². The van der Waals surface area contributed by atoms with E-state index in [1.54, 1.807) is 0 Å². The van der Waals surface area contributed by atoms with Crippen molar-refractivity contribution in [3.05, 3.63) is 82.4 Å². The van der Waals surface area contributed by atoms with Crippen molar-refractivity contribution in [2.45, 2.75) is 59.2 Å². The predicted molar refractivity (Wildman–Crippen MR) is 130 cm³/mol. The van der Waals surface area contributed by atoms with E-state index >= 15 is 0 Å². The Bertz CT molecular complexity index is 1150. The Labute approximate surface area is 189 Å². The van der Waals surface area contributed by atoms with E-state index in [4.69, 9.17) is 9.98 Å². The lowest BCUT2D eigenvalue weighted by Gasteiger charge is -2.32. The molecule has 0 amide bonds. The molecule has 0 unspecified atom stereocenters. The highest BCUT2D eigenvalue weighted by Gasteiger charge is 2.46. The van der Waals surface area contributed by atoms with E-state index in [1.165, 1.54) is 38.9 Å². The van der Waals surface area contributed by atoms with E-state index in [0.717, 1.165) is 17.9 Å². The van der Waals surface area contributed by atoms with Gasteiger partial charge in [-0.2, -0.15) is 0 Å². The second-order valence-electron chi connectivity index (χ2n) is 8.79. The van der Waals surface area contributed by atoms with Crippen molar-refractivity contribution in [3.63, 3.8) is 0 Å². The Morgan fingerprint density at radius 1 is 1.06 bits per heavy atom. The summed E-state index contributed by atoms with van der Waals surface area (Å²) in [6.45, 7) is 11.1. The average Bonchev–Trinajstić information content (AvgIpc) is 3.42. The highest BCUT2D eigenvalue weighted by Crippen LogP contribution is 2.49. The Kier molecular flexibility index (Phi) is 5.17. The summed E-state index contributed by atoms with van der Waals surface area (Å²) in [6.07, 6.45) is 3.02. The van der Waals surface area contributed by atoms with Crippen LogP contribution in [0.4, 0.5) is 0 Å². The van der Waals surface area contributed by atoms with E-state index in [0.29, 0.717) is 6.04 Å². The van der Waals surface area contributed by atoms with Gasteiger partial charge in [0.15, 0.2) is 5.17 Å². The van der Waals surface area contributed by atoms with E-state index in [1.807, 2.05) is 24.0 Å². The minimum absolute atomic E-state index is 0.0330. The summed E-state index contributed by atoms with van der Waals surface area (Å²) < 4.78 is 2.43. The highest BCUT2D eigenvalue weighted by atomic mass is 32.2. The molecule has 5 heteroatoms. The number of fused-ring (bicyclic) bond motifs is 1. The summed E-state index contributed by atoms with van der Waals surface area (Å²) in [5.74, 6) is 1.12. The number of aryl methyl sites for hydroxylation is 3. The molecule has 1 saturated heterocycles. The van der Waals surface area contributed by atoms with Crippen LogP contribution in [0.5, 0.6) is 0 Å². The number of thioether (sulfide) groups is 1. The van der Waals surface area contributed by atoms with Crippen LogP contribution in [0.25, 0.3) is 5.69 Å². The summed E-state index contributed by atoms with van der Waals surface area (Å²) in [7, 11) is 0. The molecule has 0 radical (unpaired) electrons. The first-order valence-corrected chi connectivity index (χ1v) is 12.1. The van der Waals surface area contributed by atoms with Crippen molar-refractivity contribution in [2.24, 2.45) is 4.99 Å². The zero-order valence-electron chi connectivity index (χ0n) is 19.0. The van der Waals surface area contributed by atoms with Gasteiger partial charge >= 0.3 is 0 Å². The van der Waals surface area contributed by atoms with Crippen molar-refractivity contribution < 1.29 is 0 Å². The van der Waals surface area contributed by atoms with Gasteiger partial charge in [0.2, 0.25) is 0 Å². The van der Waals surface area contributed by atoms with E-state index < -0.39 is 0 Å². The number of nitrogens with zero attached hydrogens (tertiary/aromatic N) is 4. The quantitative estimate of drug-likeness (QED) is 0.502. The summed E-state index contributed by atoms with van der Waals surface area (Å²) in [4.78, 5) is 12.5. The number of benzene rings is 1. The van der Waals surface area contributed by atoms with Crippen LogP contribution in [0.15, 0.2) is 53.7 Å². The Morgan fingerprint density at radius 2 is 1.90 bits per heavy atom. The van der Waals surface area contributed by atoms with Crippen LogP contribution in [0.3, 0.4) is 0 Å². The van der Waals surface area contributed by atoms with Gasteiger partial charge in [-0.15, -0.1) is 0 Å². The molecule has 160 valence electrons. The Morgan fingerprint density at radius 3 is 2.65 bits per heavy atom. The lowest BCUT2D eigenvalue weighted by Crippen LogP contribution is -2.35. The molecule has 3 aromatic rings. The van der Waals surface area contributed by atoms with Gasteiger partial charge in [-0.25, -0.2) is 0 Å². The van der Waals surface area contributed by atoms with Crippen LogP contribution in [0.1, 0.15) is 59.2 Å². The SMILES string of the molecule is CC[C@@H]1CSC2=N[C@@H](c3ccccn3)[C@@H](c3cc(C)n(-c4cc(C)ccc4C)c3C)N21. The van der Waals surface area contributed by atoms with E-state index in [-0.39, 0.29) is 12.1 Å². The lowest BCUT2D eigenvalue weighted by molar-refractivity contribution is 0.254. The monoisotopic (exact) mass is 430 g/mol. The molecule has 5 rings (SSSR count). The highest BCUT2D eigenvalue weighted by molar-refractivity contribution is 8.14. The Hall–Kier alpha value is -2.53. The van der Waals surface area contributed by atoms with Gasteiger partial charge in [0, 0.05) is 35.1 Å². The first-order valence-electron chi connectivity index (χ1n) is 11.2. The molecule has 2 aliphatic heterocycles. The van der Waals surface area contributed by atoms with Crippen LogP contribution in [0.2, 0.25) is 0 Å². The zero-order chi connectivity index (χ0) is 21.7. The van der Waals surface area contributed by atoms with Gasteiger partial charge in [0.1, 0.15) is 6.04 Å². The third-order valence-corrected chi connectivity index (χ3v) is 7.85. The molecular weight excluding hydrogens is 400 g/mol. The van der Waals surface area contributed by atoms with Crippen LogP contribution < -0.4 is 0 Å². The molecule has 2 aliphatic rings. The van der Waals surface area contributed by atoms with Crippen LogP contribution >= 0.6 is 11.8 Å². The largest absolute Gasteiger partial charge is 0.338 e. The van der Waals surface area contributed by atoms with Crippen LogP contribution in [0, 0.1) is 27.7 Å². The maximum Gasteiger partial charge on any atom is 0.160 e. The predicted octanol–water partition coefficient (Wildman–Crippen LogP) is 6.09. The lowest BCUT2D eigenvalue weighted by atomic mass is 9.95. The molecule has 2 aromatic heterocycles. The third-order valence-electron chi connectivity index (χ3n) is 6.72. The molecule has 1 aromatic carbocycles. The minimum Gasteiger partial charge on any atom is -0.338 e. The Balaban J connectivity index is 1.66. The van der Waals surface area contributed by atoms with E-state index in [2.05, 4.69) is 80.5 Å². The zero-order valence-corrected chi connectivity index (χ0v) is 19.8. The molecule has 0 saturated carbocycles. The fourth-order valence-electron chi connectivity index (χ4n) is 5.10. The van der Waals surface area contributed by atoms with Gasteiger partial charge in [-0.05, 0) is 75.1 Å². The second-order valence-corrected chi connectivity index (χ2v) is 9.78. The fraction of sp³-hybridized carbons (Fsp3) is 0.385. The molecule has 0 bridgehead atoms. The molecule has 4 nitrogen and oxygen atoms in total. The molecule has 1 fully saturated rings. The molecule has 0 N–H and O–H groups in total. The number of amidine groups is 1. The summed E-state index contributed by atoms with van der Waals surface area (Å²) in [5.41, 5.74) is 8.86. The smallest absolute Gasteiger partial charge is 0.160 e. The number of hydrogen-bond acceptors (Lipinski definition) is 4. The van der Waals surface area contributed by atoms with Crippen molar-refractivity contribution in [3.8, 4) is 5.69 Å². The standard InChI is InChI=1S/C26H30N4S/c1-6-20-15-31-26-28-24(22-9-7-8-12-27-22)25(30(20)26)21-14-18(4)29(19(21)5)23-13-16(2)10-11-17(23)3/h7-14,20,24-25H,6,15H2,1-5H3/t20-,24+,25-/m1/s1. The maximum atomic E-state index is 5.19. The summed E-state index contributed by atoms with van der Waals surface area (Å²) >= 11 is 1.90. The summed E-state index contributed by atoms with van der Waals surface area (Å²) in [6, 6.07) is 16.0. The first kappa shape index (κ1) is 20.4. The van der Waals surface area contributed by atoms with Crippen molar-refractivity contribution in [1.29, 1.82) is 0 Å². The van der Waals surface area contributed by atoms with Crippen molar-refractivity contribution >= 4 is 16.9 Å². The number of hydrogen-bond donors (Lipinski definition) is 0. The number of pyridine rings is 1. The third kappa shape index (κ3) is 3.30. The topological polar surface area (TPSA) is 33.4 Å². The molecule has 0 aliphatic carbocycles. The van der Waals surface area contributed by atoms with Crippen LogP contribution in [-0.2, 0) is 0 Å². The maximum absolute atomic E-state index is 5.19. The molecule has 0 spiro atoms. The fourth-order valence-corrected chi connectivity index (χ4v) is 6.44. The molecule has 31 heavy (non-hydrogen) atoms. The van der Waals surface area contributed by atoms with Gasteiger partial charge in [0.05, 0.1) is 11.7 Å². The first-order chi connectivity index (χ1) is 15.0. The average molecular weight is 431 g/mol. The van der Waals surface area contributed by atoms with Gasteiger partial charge in [0.25, 0.3) is 0 Å². The molecule has 3 atom stereocenters. The molecule has 4 heterocycles.